The van der Waals surface area contributed by atoms with Gasteiger partial charge in [0.15, 0.2) is 0 Å². The molecule has 0 spiro atoms. The number of benzene rings is 1. The first kappa shape index (κ1) is 17.5. The molecule has 132 valence electrons. The van der Waals surface area contributed by atoms with Gasteiger partial charge in [0, 0.05) is 23.6 Å². The van der Waals surface area contributed by atoms with Crippen molar-refractivity contribution in [1.82, 2.24) is 4.98 Å². The largest absolute Gasteiger partial charge is 0.382 e. The van der Waals surface area contributed by atoms with Crippen LogP contribution >= 0.6 is 0 Å². The lowest BCUT2D eigenvalue weighted by molar-refractivity contribution is 0.102. The molecule has 2 N–H and O–H groups in total. The normalized spacial score (nSPS) is 15.0. The highest BCUT2D eigenvalue weighted by Gasteiger charge is 2.15. The van der Waals surface area contributed by atoms with Gasteiger partial charge in [-0.25, -0.2) is 0 Å². The Balaban J connectivity index is 1.73. The predicted octanol–water partition coefficient (Wildman–Crippen LogP) is 4.95. The average molecular weight is 337 g/mol. The number of carbonyl (C=O) groups excluding carboxylic acids is 1. The van der Waals surface area contributed by atoms with E-state index in [1.165, 1.54) is 32.1 Å². The van der Waals surface area contributed by atoms with Gasteiger partial charge in [0.25, 0.3) is 5.91 Å². The Morgan fingerprint density at radius 2 is 2.00 bits per heavy atom. The number of rotatable bonds is 5. The van der Waals surface area contributed by atoms with E-state index in [1.54, 1.807) is 6.20 Å². The molecule has 0 bridgehead atoms. The topological polar surface area (TPSA) is 54.0 Å². The third kappa shape index (κ3) is 4.38. The number of anilines is 2. The van der Waals surface area contributed by atoms with Crippen LogP contribution in [0.25, 0.3) is 0 Å². The third-order valence-corrected chi connectivity index (χ3v) is 4.95. The second-order valence-electron chi connectivity index (χ2n) is 6.83. The van der Waals surface area contributed by atoms with Crippen molar-refractivity contribution in [1.29, 1.82) is 0 Å². The molecule has 1 aliphatic rings. The Hall–Kier alpha value is -2.36. The van der Waals surface area contributed by atoms with E-state index in [9.17, 15) is 4.79 Å². The number of hydrogen-bond donors (Lipinski definition) is 2. The van der Waals surface area contributed by atoms with Gasteiger partial charge in [-0.1, -0.05) is 44.4 Å². The van der Waals surface area contributed by atoms with Crippen LogP contribution in [0.2, 0.25) is 0 Å². The van der Waals surface area contributed by atoms with E-state index < -0.39 is 0 Å². The maximum Gasteiger partial charge on any atom is 0.274 e. The summed E-state index contributed by atoms with van der Waals surface area (Å²) in [6.07, 6.45) is 8.89. The highest BCUT2D eigenvalue weighted by atomic mass is 16.1. The highest BCUT2D eigenvalue weighted by molar-refractivity contribution is 6.04. The zero-order valence-corrected chi connectivity index (χ0v) is 15.1. The minimum Gasteiger partial charge on any atom is -0.382 e. The first-order valence-electron chi connectivity index (χ1n) is 9.30. The molecule has 0 saturated heterocycles. The fourth-order valence-corrected chi connectivity index (χ4v) is 3.51. The molecular formula is C21H27N3O. The molecule has 0 aliphatic heterocycles. The number of para-hydroxylation sites is 1. The number of aromatic nitrogens is 1. The molecule has 0 radical (unpaired) electrons. The van der Waals surface area contributed by atoms with Crippen LogP contribution in [0.15, 0.2) is 36.5 Å². The summed E-state index contributed by atoms with van der Waals surface area (Å²) in [6, 6.07) is 10.4. The van der Waals surface area contributed by atoms with Crippen molar-refractivity contribution in [2.75, 3.05) is 10.6 Å². The molecule has 1 heterocycles. The van der Waals surface area contributed by atoms with E-state index >= 15 is 0 Å². The van der Waals surface area contributed by atoms with E-state index in [2.05, 4.69) is 28.6 Å². The van der Waals surface area contributed by atoms with Crippen molar-refractivity contribution in [2.24, 2.45) is 0 Å². The molecule has 2 aromatic rings. The van der Waals surface area contributed by atoms with Gasteiger partial charge in [0.05, 0.1) is 0 Å². The summed E-state index contributed by atoms with van der Waals surface area (Å²) in [6.45, 7) is 4.11. The molecule has 1 saturated carbocycles. The van der Waals surface area contributed by atoms with Crippen LogP contribution in [0.1, 0.15) is 60.6 Å². The summed E-state index contributed by atoms with van der Waals surface area (Å²) in [5.74, 6) is -0.156. The van der Waals surface area contributed by atoms with Crippen LogP contribution in [0.4, 0.5) is 11.4 Å². The number of carbonyl (C=O) groups is 1. The van der Waals surface area contributed by atoms with Crippen molar-refractivity contribution in [3.05, 3.63) is 53.3 Å². The number of hydrogen-bond acceptors (Lipinski definition) is 3. The molecule has 1 aliphatic carbocycles. The van der Waals surface area contributed by atoms with Gasteiger partial charge >= 0.3 is 0 Å². The number of aryl methyl sites for hydroxylation is 2. The first-order valence-corrected chi connectivity index (χ1v) is 9.30. The van der Waals surface area contributed by atoms with Gasteiger partial charge in [0.1, 0.15) is 5.69 Å². The zero-order valence-electron chi connectivity index (χ0n) is 15.1. The summed E-state index contributed by atoms with van der Waals surface area (Å²) in [4.78, 5) is 16.9. The molecule has 4 heteroatoms. The number of nitrogens with one attached hydrogen (secondary N) is 2. The lowest BCUT2D eigenvalue weighted by Gasteiger charge is -2.24. The van der Waals surface area contributed by atoms with Gasteiger partial charge in [-0.05, 0) is 49.4 Å². The smallest absolute Gasteiger partial charge is 0.274 e. The second-order valence-corrected chi connectivity index (χ2v) is 6.83. The van der Waals surface area contributed by atoms with Crippen molar-refractivity contribution < 1.29 is 4.79 Å². The molecule has 4 nitrogen and oxygen atoms in total. The lowest BCUT2D eigenvalue weighted by atomic mass is 9.95. The molecule has 1 aromatic carbocycles. The summed E-state index contributed by atoms with van der Waals surface area (Å²) in [7, 11) is 0. The summed E-state index contributed by atoms with van der Waals surface area (Å²) in [5, 5.41) is 6.60. The first-order chi connectivity index (χ1) is 12.2. The van der Waals surface area contributed by atoms with Crippen molar-refractivity contribution in [3.63, 3.8) is 0 Å². The molecule has 0 unspecified atom stereocenters. The third-order valence-electron chi connectivity index (χ3n) is 4.95. The monoisotopic (exact) mass is 337 g/mol. The van der Waals surface area contributed by atoms with Gasteiger partial charge in [0.2, 0.25) is 0 Å². The van der Waals surface area contributed by atoms with E-state index in [0.29, 0.717) is 11.7 Å². The highest BCUT2D eigenvalue weighted by Crippen LogP contribution is 2.23. The predicted molar refractivity (Wildman–Crippen MR) is 103 cm³/mol. The van der Waals surface area contributed by atoms with Crippen LogP contribution in [-0.4, -0.2) is 16.9 Å². The van der Waals surface area contributed by atoms with Crippen molar-refractivity contribution in [3.8, 4) is 0 Å². The van der Waals surface area contributed by atoms with Gasteiger partial charge < -0.3 is 10.6 Å². The molecule has 1 aromatic heterocycles. The Labute approximate surface area is 150 Å². The van der Waals surface area contributed by atoms with Crippen molar-refractivity contribution in [2.45, 2.75) is 58.4 Å². The summed E-state index contributed by atoms with van der Waals surface area (Å²) >= 11 is 0. The summed E-state index contributed by atoms with van der Waals surface area (Å²) < 4.78 is 0. The van der Waals surface area contributed by atoms with Gasteiger partial charge in [-0.2, -0.15) is 0 Å². The number of amides is 1. The molecule has 25 heavy (non-hydrogen) atoms. The van der Waals surface area contributed by atoms with Crippen LogP contribution in [0, 0.1) is 6.92 Å². The molecule has 0 atom stereocenters. The Bertz CT molecular complexity index is 736. The minimum absolute atomic E-state index is 0.156. The van der Waals surface area contributed by atoms with Crippen LogP contribution in [0.3, 0.4) is 0 Å². The minimum atomic E-state index is -0.156. The average Bonchev–Trinajstić information content (AvgIpc) is 2.64. The van der Waals surface area contributed by atoms with Gasteiger partial charge in [-0.15, -0.1) is 0 Å². The molecular weight excluding hydrogens is 310 g/mol. The SMILES string of the molecule is CCc1cccc(C)c1NC(=O)c1cc(NC2CCCCC2)ccn1. The standard InChI is InChI=1S/C21H27N3O/c1-3-16-9-7-8-15(2)20(16)24-21(25)19-14-18(12-13-22-19)23-17-10-5-4-6-11-17/h7-9,12-14,17H,3-6,10-11H2,1-2H3,(H,22,23)(H,24,25). The van der Waals surface area contributed by atoms with Crippen LogP contribution < -0.4 is 10.6 Å². The summed E-state index contributed by atoms with van der Waals surface area (Å²) in [5.41, 5.74) is 4.55. The quantitative estimate of drug-likeness (QED) is 0.811. The van der Waals surface area contributed by atoms with Gasteiger partial charge in [-0.3, -0.25) is 9.78 Å². The maximum atomic E-state index is 12.7. The van der Waals surface area contributed by atoms with E-state index in [4.69, 9.17) is 0 Å². The van der Waals surface area contributed by atoms with E-state index in [-0.39, 0.29) is 5.91 Å². The number of pyridine rings is 1. The van der Waals surface area contributed by atoms with Crippen molar-refractivity contribution >= 4 is 17.3 Å². The number of nitrogens with zero attached hydrogens (tertiary/aromatic N) is 1. The lowest BCUT2D eigenvalue weighted by Crippen LogP contribution is -2.22. The zero-order chi connectivity index (χ0) is 17.6. The Morgan fingerprint density at radius 3 is 2.76 bits per heavy atom. The Kier molecular flexibility index (Phi) is 5.69. The fourth-order valence-electron chi connectivity index (χ4n) is 3.51. The van der Waals surface area contributed by atoms with E-state index in [1.807, 2.05) is 31.2 Å². The van der Waals surface area contributed by atoms with Crippen LogP contribution in [0.5, 0.6) is 0 Å². The fraction of sp³-hybridized carbons (Fsp3) is 0.429. The molecule has 3 rings (SSSR count). The second kappa shape index (κ2) is 8.15. The maximum absolute atomic E-state index is 12.7. The van der Waals surface area contributed by atoms with E-state index in [0.717, 1.165) is 28.9 Å². The molecule has 1 amide bonds. The molecule has 1 fully saturated rings. The Morgan fingerprint density at radius 1 is 1.20 bits per heavy atom. The van der Waals surface area contributed by atoms with Crippen LogP contribution in [-0.2, 0) is 6.42 Å².